The first kappa shape index (κ1) is 20.9. The van der Waals surface area contributed by atoms with Crippen LogP contribution in [0.1, 0.15) is 39.3 Å². The van der Waals surface area contributed by atoms with Gasteiger partial charge in [-0.1, -0.05) is 36.4 Å². The summed E-state index contributed by atoms with van der Waals surface area (Å²) in [6.45, 7) is 5.74. The minimum atomic E-state index is -0.382. The van der Waals surface area contributed by atoms with Crippen molar-refractivity contribution in [3.63, 3.8) is 0 Å². The number of fused-ring (bicyclic) bond motifs is 1. The van der Waals surface area contributed by atoms with Crippen molar-refractivity contribution in [1.82, 2.24) is 0 Å². The second kappa shape index (κ2) is 8.40. The first-order valence-corrected chi connectivity index (χ1v) is 10.8. The maximum atomic E-state index is 13.2. The van der Waals surface area contributed by atoms with Crippen LogP contribution in [0.3, 0.4) is 0 Å². The van der Waals surface area contributed by atoms with Gasteiger partial charge in [0.2, 0.25) is 0 Å². The van der Waals surface area contributed by atoms with E-state index >= 15 is 0 Å². The van der Waals surface area contributed by atoms with Crippen molar-refractivity contribution in [2.75, 3.05) is 12.4 Å². The van der Waals surface area contributed by atoms with Gasteiger partial charge in [0.15, 0.2) is 5.43 Å². The first-order chi connectivity index (χ1) is 14.9. The van der Waals surface area contributed by atoms with Crippen LogP contribution in [0.5, 0.6) is 0 Å². The number of hydrogen-bond acceptors (Lipinski definition) is 6. The molecule has 1 atom stereocenters. The Labute approximate surface area is 184 Å². The van der Waals surface area contributed by atoms with E-state index in [4.69, 9.17) is 9.15 Å². The molecule has 0 saturated heterocycles. The van der Waals surface area contributed by atoms with Crippen LogP contribution in [-0.4, -0.2) is 13.1 Å². The number of anilines is 1. The summed E-state index contributed by atoms with van der Waals surface area (Å²) < 4.78 is 11.2. The van der Waals surface area contributed by atoms with Crippen LogP contribution in [0.4, 0.5) is 5.69 Å². The Morgan fingerprint density at radius 3 is 2.58 bits per heavy atom. The number of ether oxygens (including phenoxy) is 1. The molecule has 0 saturated carbocycles. The molecule has 0 radical (unpaired) electrons. The van der Waals surface area contributed by atoms with Gasteiger partial charge >= 0.3 is 5.97 Å². The quantitative estimate of drug-likeness (QED) is 0.385. The van der Waals surface area contributed by atoms with Crippen LogP contribution in [0.15, 0.2) is 63.1 Å². The van der Waals surface area contributed by atoms with Gasteiger partial charge in [-0.15, -0.1) is 11.3 Å². The molecule has 0 aliphatic rings. The van der Waals surface area contributed by atoms with E-state index in [1.165, 1.54) is 18.4 Å². The highest BCUT2D eigenvalue weighted by Crippen LogP contribution is 2.33. The van der Waals surface area contributed by atoms with Crippen LogP contribution in [-0.2, 0) is 4.74 Å². The van der Waals surface area contributed by atoms with E-state index in [1.54, 1.807) is 6.92 Å². The maximum Gasteiger partial charge on any atom is 0.350 e. The lowest BCUT2D eigenvalue weighted by molar-refractivity contribution is 0.0607. The van der Waals surface area contributed by atoms with Crippen LogP contribution >= 0.6 is 11.3 Å². The number of methoxy groups -OCH3 is 1. The van der Waals surface area contributed by atoms with Gasteiger partial charge in [-0.05, 0) is 43.8 Å². The Morgan fingerprint density at radius 2 is 1.87 bits per heavy atom. The number of carbonyl (C=O) groups excluding carboxylic acids is 1. The molecule has 4 rings (SSSR count). The fourth-order valence-corrected chi connectivity index (χ4v) is 4.51. The molecule has 31 heavy (non-hydrogen) atoms. The Hall–Kier alpha value is -3.38. The number of rotatable bonds is 5. The van der Waals surface area contributed by atoms with Gasteiger partial charge in [-0.25, -0.2) is 4.79 Å². The Balaban J connectivity index is 1.86. The highest BCUT2D eigenvalue weighted by atomic mass is 32.1. The van der Waals surface area contributed by atoms with E-state index < -0.39 is 0 Å². The summed E-state index contributed by atoms with van der Waals surface area (Å²) in [5.41, 5.74) is 4.47. The molecular formula is C25H23NO4S. The molecule has 6 heteroatoms. The molecule has 0 bridgehead atoms. The summed E-state index contributed by atoms with van der Waals surface area (Å²) in [6, 6.07) is 15.1. The minimum Gasteiger partial charge on any atom is -0.465 e. The lowest BCUT2D eigenvalue weighted by Crippen LogP contribution is -2.13. The second-order valence-corrected chi connectivity index (χ2v) is 8.42. The fraction of sp³-hybridized carbons (Fsp3) is 0.200. The number of hydrogen-bond donors (Lipinski definition) is 1. The van der Waals surface area contributed by atoms with Crippen molar-refractivity contribution in [1.29, 1.82) is 0 Å². The number of carbonyl (C=O) groups is 1. The summed E-state index contributed by atoms with van der Waals surface area (Å²) in [6.07, 6.45) is 0. The minimum absolute atomic E-state index is 0.0389. The average molecular weight is 434 g/mol. The SMILES string of the molecule is COC(=O)c1sccc1N[C@H](C)c1cc(C)cc2c(=O)c(C)c(-c3ccccc3)oc12. The fourth-order valence-electron chi connectivity index (χ4n) is 3.74. The summed E-state index contributed by atoms with van der Waals surface area (Å²) in [5.74, 6) is 0.188. The molecule has 0 amide bonds. The predicted octanol–water partition coefficient (Wildman–Crippen LogP) is 6.10. The smallest absolute Gasteiger partial charge is 0.350 e. The molecule has 0 aliphatic heterocycles. The largest absolute Gasteiger partial charge is 0.465 e. The van der Waals surface area contributed by atoms with Gasteiger partial charge in [0.25, 0.3) is 0 Å². The molecule has 0 fully saturated rings. The van der Waals surface area contributed by atoms with E-state index in [1.807, 2.05) is 67.8 Å². The molecule has 0 spiro atoms. The van der Waals surface area contributed by atoms with E-state index in [0.717, 1.165) is 16.7 Å². The molecule has 4 aromatic rings. The van der Waals surface area contributed by atoms with Crippen LogP contribution in [0, 0.1) is 13.8 Å². The Morgan fingerprint density at radius 1 is 1.13 bits per heavy atom. The van der Waals surface area contributed by atoms with E-state index in [-0.39, 0.29) is 17.4 Å². The zero-order valence-electron chi connectivity index (χ0n) is 17.8. The Bertz CT molecular complexity index is 1320. The van der Waals surface area contributed by atoms with Crippen LogP contribution in [0.2, 0.25) is 0 Å². The topological polar surface area (TPSA) is 68.5 Å². The lowest BCUT2D eigenvalue weighted by atomic mass is 9.99. The number of nitrogens with one attached hydrogen (secondary N) is 1. The van der Waals surface area contributed by atoms with Crippen molar-refractivity contribution >= 4 is 34.0 Å². The summed E-state index contributed by atoms with van der Waals surface area (Å²) >= 11 is 1.32. The number of thiophene rings is 1. The monoisotopic (exact) mass is 433 g/mol. The Kier molecular flexibility index (Phi) is 5.65. The van der Waals surface area contributed by atoms with Gasteiger partial charge in [-0.3, -0.25) is 4.79 Å². The van der Waals surface area contributed by atoms with Crippen molar-refractivity contribution in [2.24, 2.45) is 0 Å². The van der Waals surface area contributed by atoms with E-state index in [0.29, 0.717) is 32.9 Å². The third-order valence-corrected chi connectivity index (χ3v) is 6.20. The third kappa shape index (κ3) is 3.86. The van der Waals surface area contributed by atoms with Crippen molar-refractivity contribution in [2.45, 2.75) is 26.8 Å². The van der Waals surface area contributed by atoms with Crippen LogP contribution < -0.4 is 10.7 Å². The molecule has 158 valence electrons. The van der Waals surface area contributed by atoms with Gasteiger partial charge in [0, 0.05) is 16.7 Å². The third-order valence-electron chi connectivity index (χ3n) is 5.30. The summed E-state index contributed by atoms with van der Waals surface area (Å²) in [7, 11) is 1.37. The average Bonchev–Trinajstić information content (AvgIpc) is 3.24. The van der Waals surface area contributed by atoms with E-state index in [2.05, 4.69) is 5.32 Å². The van der Waals surface area contributed by atoms with Gasteiger partial charge in [0.05, 0.1) is 24.2 Å². The normalized spacial score (nSPS) is 12.0. The second-order valence-electron chi connectivity index (χ2n) is 7.50. The first-order valence-electron chi connectivity index (χ1n) is 9.96. The van der Waals surface area contributed by atoms with Gasteiger partial charge in [0.1, 0.15) is 16.2 Å². The molecule has 2 aromatic heterocycles. The molecule has 2 aromatic carbocycles. The molecule has 5 nitrogen and oxygen atoms in total. The summed E-state index contributed by atoms with van der Waals surface area (Å²) in [4.78, 5) is 25.8. The molecule has 1 N–H and O–H groups in total. The molecule has 2 heterocycles. The van der Waals surface area contributed by atoms with Crippen molar-refractivity contribution in [3.8, 4) is 11.3 Å². The van der Waals surface area contributed by atoms with E-state index in [9.17, 15) is 9.59 Å². The molecule has 0 unspecified atom stereocenters. The zero-order valence-corrected chi connectivity index (χ0v) is 18.6. The van der Waals surface area contributed by atoms with Crippen LogP contribution in [0.25, 0.3) is 22.3 Å². The van der Waals surface area contributed by atoms with Crippen molar-refractivity contribution in [3.05, 3.63) is 85.7 Å². The van der Waals surface area contributed by atoms with Crippen molar-refractivity contribution < 1.29 is 13.9 Å². The number of esters is 1. The maximum absolute atomic E-state index is 13.2. The number of aryl methyl sites for hydroxylation is 1. The molecule has 0 aliphatic carbocycles. The standard InChI is InChI=1S/C25H23NO4S/c1-14-12-18(16(3)26-20-10-11-31-24(20)25(28)29-4)23-19(13-14)21(27)15(2)22(30-23)17-8-6-5-7-9-17/h5-13,16,26H,1-4H3/t16-/m1/s1. The summed E-state index contributed by atoms with van der Waals surface area (Å²) in [5, 5.41) is 5.78. The zero-order chi connectivity index (χ0) is 22.1. The lowest BCUT2D eigenvalue weighted by Gasteiger charge is -2.19. The van der Waals surface area contributed by atoms with Gasteiger partial charge < -0.3 is 14.5 Å². The number of benzene rings is 2. The molecular weight excluding hydrogens is 410 g/mol. The predicted molar refractivity (Wildman–Crippen MR) is 125 cm³/mol. The highest BCUT2D eigenvalue weighted by Gasteiger charge is 2.21. The van der Waals surface area contributed by atoms with Gasteiger partial charge in [-0.2, -0.15) is 0 Å². The highest BCUT2D eigenvalue weighted by molar-refractivity contribution is 7.12.